The van der Waals surface area contributed by atoms with Crippen molar-refractivity contribution in [3.63, 3.8) is 0 Å². The van der Waals surface area contributed by atoms with Gasteiger partial charge in [-0.15, -0.1) is 0 Å². The average molecular weight is 285 g/mol. The number of amides is 1. The number of carbonyl (C=O) groups excluding carboxylic acids is 1. The third-order valence-electron chi connectivity index (χ3n) is 2.37. The average Bonchev–Trinajstić information content (AvgIpc) is 2.37. The van der Waals surface area contributed by atoms with Crippen LogP contribution in [0.15, 0.2) is 24.3 Å². The van der Waals surface area contributed by atoms with Crippen molar-refractivity contribution in [2.24, 2.45) is 0 Å². The molecule has 1 N–H and O–H groups in total. The van der Waals surface area contributed by atoms with E-state index in [0.29, 0.717) is 25.1 Å². The molecular weight excluding hydrogens is 265 g/mol. The van der Waals surface area contributed by atoms with Gasteiger partial charge < -0.3 is 14.4 Å². The molecule has 0 atom stereocenters. The number of hydrogen-bond donors (Lipinski definition) is 1. The van der Waals surface area contributed by atoms with Crippen LogP contribution in [-0.4, -0.2) is 19.1 Å². The molecule has 5 nitrogen and oxygen atoms in total. The summed E-state index contributed by atoms with van der Waals surface area (Å²) >= 11 is 0. The van der Waals surface area contributed by atoms with Gasteiger partial charge in [-0.05, 0) is 31.5 Å². The van der Waals surface area contributed by atoms with Gasteiger partial charge in [-0.25, -0.2) is 0 Å². The topological polar surface area (TPSA) is 64.6 Å². The number of nitrogens with one attached hydrogen (secondary N) is 1. The first-order valence-electron chi connectivity index (χ1n) is 6.25. The zero-order chi connectivity index (χ0) is 14.3. The maximum atomic E-state index is 12.6. The second-order valence-electron chi connectivity index (χ2n) is 3.91. The van der Waals surface area contributed by atoms with Crippen LogP contribution < -0.4 is 10.6 Å². The Kier molecular flexibility index (Phi) is 6.22. The Labute approximate surface area is 113 Å². The van der Waals surface area contributed by atoms with Crippen LogP contribution in [0.1, 0.15) is 26.3 Å². The minimum Gasteiger partial charge on any atom is -0.352 e. The largest absolute Gasteiger partial charge is 0.361 e. The van der Waals surface area contributed by atoms with Gasteiger partial charge in [0.05, 0.1) is 18.5 Å². The van der Waals surface area contributed by atoms with Crippen molar-refractivity contribution in [1.29, 1.82) is 0 Å². The highest BCUT2D eigenvalue weighted by molar-refractivity contribution is 7.62. The van der Waals surface area contributed by atoms with Crippen LogP contribution in [0.5, 0.6) is 0 Å². The molecule has 0 aliphatic heterocycles. The summed E-state index contributed by atoms with van der Waals surface area (Å²) in [6.45, 7) is 6.01. The van der Waals surface area contributed by atoms with Gasteiger partial charge in [0.15, 0.2) is 0 Å². The van der Waals surface area contributed by atoms with Gasteiger partial charge in [0.2, 0.25) is 5.91 Å². The smallest absolute Gasteiger partial charge is 0.352 e. The summed E-state index contributed by atoms with van der Waals surface area (Å²) in [5.41, 5.74) is 0.854. The van der Waals surface area contributed by atoms with Gasteiger partial charge in [-0.1, -0.05) is 12.1 Å². The normalized spacial score (nSPS) is 11.3. The second kappa shape index (κ2) is 7.43. The molecule has 19 heavy (non-hydrogen) atoms. The predicted octanol–water partition coefficient (Wildman–Crippen LogP) is 2.21. The van der Waals surface area contributed by atoms with Crippen molar-refractivity contribution in [1.82, 2.24) is 5.32 Å². The zero-order valence-electron chi connectivity index (χ0n) is 11.5. The molecule has 0 saturated heterocycles. The summed E-state index contributed by atoms with van der Waals surface area (Å²) in [7, 11) is -3.26. The standard InChI is InChI=1S/C13H20NO4P/c1-4-17-19(16,18-5-2)13-8-6-7-12(9-13)10-14-11(3)15/h6-9H,4-5,10H2,1-3H3,(H,14,15). The van der Waals surface area contributed by atoms with Crippen molar-refractivity contribution >= 4 is 18.8 Å². The fraction of sp³-hybridized carbons (Fsp3) is 0.462. The number of benzene rings is 1. The maximum absolute atomic E-state index is 12.6. The van der Waals surface area contributed by atoms with Gasteiger partial charge in [0.1, 0.15) is 0 Å². The summed E-state index contributed by atoms with van der Waals surface area (Å²) < 4.78 is 23.1. The third-order valence-corrected chi connectivity index (χ3v) is 4.47. The molecule has 0 radical (unpaired) electrons. The lowest BCUT2D eigenvalue weighted by molar-refractivity contribution is -0.119. The first kappa shape index (κ1) is 15.9. The Morgan fingerprint density at radius 2 is 1.89 bits per heavy atom. The Morgan fingerprint density at radius 1 is 1.26 bits per heavy atom. The van der Waals surface area contributed by atoms with Gasteiger partial charge >= 0.3 is 7.60 Å². The molecule has 0 aromatic heterocycles. The van der Waals surface area contributed by atoms with E-state index in [0.717, 1.165) is 5.56 Å². The van der Waals surface area contributed by atoms with E-state index in [1.807, 2.05) is 6.07 Å². The Hall–Kier alpha value is -1.16. The lowest BCUT2D eigenvalue weighted by Crippen LogP contribution is -2.20. The van der Waals surface area contributed by atoms with Crippen LogP contribution in [0.3, 0.4) is 0 Å². The van der Waals surface area contributed by atoms with Crippen molar-refractivity contribution in [2.45, 2.75) is 27.3 Å². The molecule has 1 aromatic rings. The monoisotopic (exact) mass is 285 g/mol. The molecule has 0 bridgehead atoms. The molecule has 0 unspecified atom stereocenters. The van der Waals surface area contributed by atoms with Crippen LogP contribution in [0.25, 0.3) is 0 Å². The molecule has 1 aromatic carbocycles. The third kappa shape index (κ3) is 4.78. The quantitative estimate of drug-likeness (QED) is 0.780. The van der Waals surface area contributed by atoms with E-state index in [2.05, 4.69) is 5.32 Å². The maximum Gasteiger partial charge on any atom is 0.361 e. The Bertz CT molecular complexity index is 465. The van der Waals surface area contributed by atoms with Gasteiger partial charge in [-0.3, -0.25) is 9.36 Å². The van der Waals surface area contributed by atoms with Crippen molar-refractivity contribution in [3.8, 4) is 0 Å². The Balaban J connectivity index is 2.95. The van der Waals surface area contributed by atoms with Gasteiger partial charge in [0, 0.05) is 13.5 Å². The molecular formula is C13H20NO4P. The summed E-state index contributed by atoms with van der Waals surface area (Å²) in [6, 6.07) is 7.07. The molecule has 0 spiro atoms. The molecule has 1 rings (SSSR count). The highest BCUT2D eigenvalue weighted by atomic mass is 31.2. The summed E-state index contributed by atoms with van der Waals surface area (Å²) in [6.07, 6.45) is 0. The van der Waals surface area contributed by atoms with E-state index in [4.69, 9.17) is 9.05 Å². The highest BCUT2D eigenvalue weighted by Crippen LogP contribution is 2.46. The summed E-state index contributed by atoms with van der Waals surface area (Å²) in [5.74, 6) is -0.108. The molecule has 0 saturated carbocycles. The first-order valence-corrected chi connectivity index (χ1v) is 7.79. The molecule has 0 aliphatic rings. The number of rotatable bonds is 7. The van der Waals surface area contributed by atoms with Crippen molar-refractivity contribution < 1.29 is 18.4 Å². The van der Waals surface area contributed by atoms with E-state index in [1.165, 1.54) is 6.92 Å². The number of carbonyl (C=O) groups is 1. The van der Waals surface area contributed by atoms with Crippen molar-refractivity contribution in [2.75, 3.05) is 13.2 Å². The number of hydrogen-bond acceptors (Lipinski definition) is 4. The minimum absolute atomic E-state index is 0.108. The fourth-order valence-corrected chi connectivity index (χ4v) is 3.23. The molecule has 106 valence electrons. The molecule has 0 aliphatic carbocycles. The van der Waals surface area contributed by atoms with E-state index in [9.17, 15) is 9.36 Å². The van der Waals surface area contributed by atoms with Gasteiger partial charge in [0.25, 0.3) is 0 Å². The van der Waals surface area contributed by atoms with Crippen molar-refractivity contribution in [3.05, 3.63) is 29.8 Å². The van der Waals surface area contributed by atoms with Crippen LogP contribution in [0, 0.1) is 0 Å². The van der Waals surface area contributed by atoms with E-state index < -0.39 is 7.60 Å². The SMILES string of the molecule is CCOP(=O)(OCC)c1cccc(CNC(C)=O)c1. The predicted molar refractivity (Wildman–Crippen MR) is 74.5 cm³/mol. The minimum atomic E-state index is -3.26. The Morgan fingerprint density at radius 3 is 2.42 bits per heavy atom. The first-order chi connectivity index (χ1) is 9.01. The van der Waals surface area contributed by atoms with Crippen LogP contribution in [-0.2, 0) is 25.0 Å². The highest BCUT2D eigenvalue weighted by Gasteiger charge is 2.26. The van der Waals surface area contributed by atoms with Crippen LogP contribution >= 0.6 is 7.60 Å². The van der Waals surface area contributed by atoms with E-state index >= 15 is 0 Å². The second-order valence-corrected chi connectivity index (χ2v) is 5.94. The van der Waals surface area contributed by atoms with E-state index in [1.54, 1.807) is 32.0 Å². The van der Waals surface area contributed by atoms with E-state index in [-0.39, 0.29) is 5.91 Å². The summed E-state index contributed by atoms with van der Waals surface area (Å²) in [4.78, 5) is 10.9. The fourth-order valence-electron chi connectivity index (χ4n) is 1.59. The lowest BCUT2D eigenvalue weighted by atomic mass is 10.2. The lowest BCUT2D eigenvalue weighted by Gasteiger charge is -2.17. The summed E-state index contributed by atoms with van der Waals surface area (Å²) in [5, 5.41) is 3.21. The molecule has 6 heteroatoms. The zero-order valence-corrected chi connectivity index (χ0v) is 12.4. The molecule has 0 heterocycles. The molecule has 1 amide bonds. The van der Waals surface area contributed by atoms with Crippen LogP contribution in [0.4, 0.5) is 0 Å². The van der Waals surface area contributed by atoms with Gasteiger partial charge in [-0.2, -0.15) is 0 Å². The molecule has 0 fully saturated rings. The van der Waals surface area contributed by atoms with Crippen LogP contribution in [0.2, 0.25) is 0 Å².